The fraction of sp³-hybridized carbons (Fsp3) is 0.250. The summed E-state index contributed by atoms with van der Waals surface area (Å²) < 4.78 is 0. The van der Waals surface area contributed by atoms with Crippen molar-refractivity contribution in [3.63, 3.8) is 0 Å². The van der Waals surface area contributed by atoms with Crippen LogP contribution in [0.5, 0.6) is 0 Å². The lowest BCUT2D eigenvalue weighted by Crippen LogP contribution is -2.04. The molecule has 0 heterocycles. The van der Waals surface area contributed by atoms with E-state index in [1.54, 1.807) is 11.8 Å². The van der Waals surface area contributed by atoms with Gasteiger partial charge in [-0.1, -0.05) is 11.8 Å². The molecular weight excluding hydrogens is 284 g/mol. The smallest absolute Gasteiger partial charge is 0.0604 e. The Bertz CT molecular complexity index is 479. The third-order valence-corrected chi connectivity index (χ3v) is 3.84. The van der Waals surface area contributed by atoms with E-state index in [4.69, 9.17) is 10.2 Å². The van der Waals surface area contributed by atoms with E-state index in [0.29, 0.717) is 13.1 Å². The summed E-state index contributed by atoms with van der Waals surface area (Å²) in [6.07, 6.45) is 0. The van der Waals surface area contributed by atoms with E-state index in [1.807, 2.05) is 24.3 Å². The Morgan fingerprint density at radius 2 is 1.05 bits per heavy atom. The standard InChI is InChI=1S/C16H20N2O2S/c19-11-9-17-13-1-5-15(6-2-13)21-16-7-3-14(4-8-16)18-10-12-20/h1-8,17-20H,9-12H2. The maximum absolute atomic E-state index is 8.77. The molecule has 0 unspecified atom stereocenters. The highest BCUT2D eigenvalue weighted by molar-refractivity contribution is 7.99. The lowest BCUT2D eigenvalue weighted by atomic mass is 10.3. The van der Waals surface area contributed by atoms with E-state index < -0.39 is 0 Å². The molecule has 0 saturated heterocycles. The second-order valence-electron chi connectivity index (χ2n) is 4.45. The minimum atomic E-state index is 0.132. The second-order valence-corrected chi connectivity index (χ2v) is 5.60. The highest BCUT2D eigenvalue weighted by atomic mass is 32.2. The van der Waals surface area contributed by atoms with Gasteiger partial charge >= 0.3 is 0 Å². The fourth-order valence-electron chi connectivity index (χ4n) is 1.82. The number of hydrogen-bond acceptors (Lipinski definition) is 5. The number of nitrogens with one attached hydrogen (secondary N) is 2. The Balaban J connectivity index is 1.91. The molecule has 2 rings (SSSR count). The first-order chi connectivity index (χ1) is 10.3. The van der Waals surface area contributed by atoms with Gasteiger partial charge in [-0.3, -0.25) is 0 Å². The summed E-state index contributed by atoms with van der Waals surface area (Å²) in [4.78, 5) is 2.33. The van der Waals surface area contributed by atoms with Gasteiger partial charge in [-0.2, -0.15) is 0 Å². The molecule has 5 heteroatoms. The molecule has 0 atom stereocenters. The summed E-state index contributed by atoms with van der Waals surface area (Å²) in [6, 6.07) is 16.3. The van der Waals surface area contributed by atoms with Gasteiger partial charge in [-0.05, 0) is 48.5 Å². The van der Waals surface area contributed by atoms with Crippen LogP contribution in [0, 0.1) is 0 Å². The van der Waals surface area contributed by atoms with Crippen molar-refractivity contribution in [3.05, 3.63) is 48.5 Å². The van der Waals surface area contributed by atoms with Gasteiger partial charge in [0.25, 0.3) is 0 Å². The first-order valence-corrected chi connectivity index (χ1v) is 7.71. The number of aliphatic hydroxyl groups excluding tert-OH is 2. The normalized spacial score (nSPS) is 10.4. The van der Waals surface area contributed by atoms with Crippen molar-refractivity contribution in [2.24, 2.45) is 0 Å². The van der Waals surface area contributed by atoms with Gasteiger partial charge < -0.3 is 20.8 Å². The molecule has 0 bridgehead atoms. The van der Waals surface area contributed by atoms with Crippen molar-refractivity contribution in [2.75, 3.05) is 36.9 Å². The average molecular weight is 304 g/mol. The van der Waals surface area contributed by atoms with E-state index in [0.717, 1.165) is 11.4 Å². The van der Waals surface area contributed by atoms with E-state index in [9.17, 15) is 0 Å². The van der Waals surface area contributed by atoms with E-state index in [2.05, 4.69) is 34.9 Å². The Morgan fingerprint density at radius 1 is 0.667 bits per heavy atom. The third-order valence-electron chi connectivity index (χ3n) is 2.83. The summed E-state index contributed by atoms with van der Waals surface area (Å²) in [5.74, 6) is 0. The Morgan fingerprint density at radius 3 is 1.38 bits per heavy atom. The van der Waals surface area contributed by atoms with Crippen LogP contribution in [-0.2, 0) is 0 Å². The topological polar surface area (TPSA) is 64.5 Å². The van der Waals surface area contributed by atoms with Crippen molar-refractivity contribution in [1.82, 2.24) is 0 Å². The molecule has 4 N–H and O–H groups in total. The molecular formula is C16H20N2O2S. The van der Waals surface area contributed by atoms with Crippen LogP contribution in [0.3, 0.4) is 0 Å². The minimum Gasteiger partial charge on any atom is -0.395 e. The molecule has 0 aliphatic carbocycles. The van der Waals surface area contributed by atoms with Gasteiger partial charge in [0.05, 0.1) is 13.2 Å². The molecule has 0 saturated carbocycles. The zero-order valence-electron chi connectivity index (χ0n) is 11.7. The molecule has 0 fully saturated rings. The third kappa shape index (κ3) is 5.30. The first-order valence-electron chi connectivity index (χ1n) is 6.89. The first kappa shape index (κ1) is 15.7. The van der Waals surface area contributed by atoms with Crippen LogP contribution in [-0.4, -0.2) is 36.5 Å². The van der Waals surface area contributed by atoms with Crippen LogP contribution < -0.4 is 10.6 Å². The van der Waals surface area contributed by atoms with Crippen LogP contribution in [0.2, 0.25) is 0 Å². The van der Waals surface area contributed by atoms with Gasteiger partial charge in [0.2, 0.25) is 0 Å². The van der Waals surface area contributed by atoms with Crippen LogP contribution in [0.4, 0.5) is 11.4 Å². The van der Waals surface area contributed by atoms with Crippen molar-refractivity contribution < 1.29 is 10.2 Å². The summed E-state index contributed by atoms with van der Waals surface area (Å²) in [5.41, 5.74) is 2.02. The summed E-state index contributed by atoms with van der Waals surface area (Å²) in [5, 5.41) is 23.8. The maximum Gasteiger partial charge on any atom is 0.0604 e. The highest BCUT2D eigenvalue weighted by Gasteiger charge is 1.99. The predicted molar refractivity (Wildman–Crippen MR) is 88.2 cm³/mol. The van der Waals surface area contributed by atoms with Crippen LogP contribution >= 0.6 is 11.8 Å². The second kappa shape index (κ2) is 8.56. The highest BCUT2D eigenvalue weighted by Crippen LogP contribution is 2.29. The minimum absolute atomic E-state index is 0.132. The summed E-state index contributed by atoms with van der Waals surface area (Å²) in [7, 11) is 0. The lowest BCUT2D eigenvalue weighted by Gasteiger charge is -2.07. The number of hydrogen-bond donors (Lipinski definition) is 4. The molecule has 0 aliphatic heterocycles. The van der Waals surface area contributed by atoms with E-state index >= 15 is 0 Å². The largest absolute Gasteiger partial charge is 0.395 e. The Labute approximate surface area is 129 Å². The van der Waals surface area contributed by atoms with Crippen molar-refractivity contribution in [1.29, 1.82) is 0 Å². The number of aliphatic hydroxyl groups is 2. The van der Waals surface area contributed by atoms with Gasteiger partial charge in [-0.25, -0.2) is 0 Å². The molecule has 0 aliphatic rings. The summed E-state index contributed by atoms with van der Waals surface area (Å²) >= 11 is 1.70. The maximum atomic E-state index is 8.77. The van der Waals surface area contributed by atoms with Gasteiger partial charge in [-0.15, -0.1) is 0 Å². The number of benzene rings is 2. The summed E-state index contributed by atoms with van der Waals surface area (Å²) in [6.45, 7) is 1.39. The molecule has 2 aromatic rings. The van der Waals surface area contributed by atoms with Gasteiger partial charge in [0, 0.05) is 34.3 Å². The van der Waals surface area contributed by atoms with Crippen molar-refractivity contribution in [2.45, 2.75) is 9.79 Å². The molecule has 0 radical (unpaired) electrons. The lowest BCUT2D eigenvalue weighted by molar-refractivity contribution is 0.311. The average Bonchev–Trinajstić information content (AvgIpc) is 2.53. The quantitative estimate of drug-likeness (QED) is 0.604. The van der Waals surface area contributed by atoms with E-state index in [-0.39, 0.29) is 13.2 Å². The van der Waals surface area contributed by atoms with Gasteiger partial charge in [0.1, 0.15) is 0 Å². The molecule has 4 nitrogen and oxygen atoms in total. The molecule has 0 spiro atoms. The predicted octanol–water partition coefficient (Wildman–Crippen LogP) is 2.65. The van der Waals surface area contributed by atoms with Crippen molar-refractivity contribution in [3.8, 4) is 0 Å². The Hall–Kier alpha value is -1.69. The monoisotopic (exact) mass is 304 g/mol. The number of rotatable bonds is 8. The molecule has 2 aromatic carbocycles. The zero-order chi connectivity index (χ0) is 14.9. The molecule has 112 valence electrons. The van der Waals surface area contributed by atoms with Crippen LogP contribution in [0.1, 0.15) is 0 Å². The van der Waals surface area contributed by atoms with Crippen LogP contribution in [0.25, 0.3) is 0 Å². The molecule has 0 aromatic heterocycles. The SMILES string of the molecule is OCCNc1ccc(Sc2ccc(NCCO)cc2)cc1. The van der Waals surface area contributed by atoms with Crippen LogP contribution in [0.15, 0.2) is 58.3 Å². The molecule has 21 heavy (non-hydrogen) atoms. The van der Waals surface area contributed by atoms with Gasteiger partial charge in [0.15, 0.2) is 0 Å². The number of anilines is 2. The zero-order valence-corrected chi connectivity index (χ0v) is 12.6. The molecule has 0 amide bonds. The fourth-order valence-corrected chi connectivity index (χ4v) is 2.63. The van der Waals surface area contributed by atoms with Crippen molar-refractivity contribution >= 4 is 23.1 Å². The van der Waals surface area contributed by atoms with E-state index in [1.165, 1.54) is 9.79 Å². The Kier molecular flexibility index (Phi) is 6.40.